The van der Waals surface area contributed by atoms with Crippen molar-refractivity contribution in [3.63, 3.8) is 0 Å². The molecule has 2 fully saturated rings. The SMILES string of the molecule is C.CC(Br)C(=O)Br.CCCCCCC(O)C(=O)O.CCCCCCC(O)C(=O)OC(C)C(=O)OCCOC.CCCCCCC(O)C(=O)OC(CCCCCC)C(=O)OCCOC.CCCCCCC(OC(=O)C(C)Br)C(=O)O.CCCCCCC1OC(=O)C(C)OC1=O.CCCCCCC1OC(=O)C(CCCCCC)OC1=O.CCCCCCC=O.CCN(CC)CC.COCCO.COCCO. The van der Waals surface area contributed by atoms with E-state index in [1.165, 1.54) is 67.0 Å². The maximum absolute atomic E-state index is 12.1. The molecule has 2 heterocycles. The van der Waals surface area contributed by atoms with Crippen LogP contribution in [0.3, 0.4) is 0 Å². The van der Waals surface area contributed by atoms with Gasteiger partial charge in [0.2, 0.25) is 4.69 Å². The molecule has 0 saturated carbocycles. The molecular weight excluding hydrogens is 2010 g/mol. The van der Waals surface area contributed by atoms with Crippen LogP contribution in [0.25, 0.3) is 0 Å². The fourth-order valence-corrected chi connectivity index (χ4v) is 11.6. The molecule has 828 valence electrons. The van der Waals surface area contributed by atoms with E-state index in [0.29, 0.717) is 71.2 Å². The van der Waals surface area contributed by atoms with Gasteiger partial charge in [-0.3, -0.25) is 9.59 Å². The van der Waals surface area contributed by atoms with Crippen molar-refractivity contribution in [3.8, 4) is 0 Å². The first-order chi connectivity index (χ1) is 65.8. The number of aliphatic hydroxyl groups is 5. The van der Waals surface area contributed by atoms with Crippen LogP contribution in [-0.4, -0.2) is 289 Å². The highest BCUT2D eigenvalue weighted by molar-refractivity contribution is 9.20. The van der Waals surface area contributed by atoms with Gasteiger partial charge in [0.25, 0.3) is 0 Å². The fraction of sp³-hybridized carbons (Fsp3) is 0.873. The smallest absolute Gasteiger partial charge is 0.348 e. The molecule has 0 aliphatic carbocycles. The zero-order chi connectivity index (χ0) is 107. The van der Waals surface area contributed by atoms with E-state index >= 15 is 0 Å². The number of methoxy groups -OCH3 is 4. The lowest BCUT2D eigenvalue weighted by Crippen LogP contribution is -2.43. The van der Waals surface area contributed by atoms with Crippen molar-refractivity contribution in [1.29, 1.82) is 0 Å². The van der Waals surface area contributed by atoms with Crippen LogP contribution in [0.1, 0.15) is 407 Å². The number of carbonyl (C=O) groups excluding carboxylic acids is 11. The number of ether oxygens (including phenoxy) is 13. The number of halogens is 3. The molecule has 2 aliphatic rings. The van der Waals surface area contributed by atoms with Crippen molar-refractivity contribution in [2.45, 2.75) is 478 Å². The van der Waals surface area contributed by atoms with E-state index < -0.39 is 120 Å². The van der Waals surface area contributed by atoms with Gasteiger partial charge in [0.1, 0.15) is 24.3 Å². The number of carboxylic acids is 2. The highest BCUT2D eigenvalue weighted by Crippen LogP contribution is 2.23. The summed E-state index contributed by atoms with van der Waals surface area (Å²) < 4.78 is 63.6. The summed E-state index contributed by atoms with van der Waals surface area (Å²) in [6.07, 6.45) is 33.4. The van der Waals surface area contributed by atoms with Crippen molar-refractivity contribution in [2.24, 2.45) is 0 Å². The second kappa shape index (κ2) is 118. The van der Waals surface area contributed by atoms with Gasteiger partial charge in [-0.05, 0) is 153 Å². The Bertz CT molecular complexity index is 2780. The van der Waals surface area contributed by atoms with Crippen LogP contribution in [-0.2, 0) is 124 Å². The van der Waals surface area contributed by atoms with Crippen LogP contribution in [0.15, 0.2) is 0 Å². The molecule has 7 N–H and O–H groups in total. The molecule has 0 radical (unpaired) electrons. The number of unbranched alkanes of at least 4 members (excludes halogenated alkanes) is 28. The summed E-state index contributed by atoms with van der Waals surface area (Å²) in [4.78, 5) is 147. The number of nitrogens with zero attached hydrogens (tertiary/aromatic N) is 1. The summed E-state index contributed by atoms with van der Waals surface area (Å²) in [7, 11) is 6.11. The largest absolute Gasteiger partial charge is 0.479 e. The van der Waals surface area contributed by atoms with Crippen LogP contribution in [0.5, 0.6) is 0 Å². The topological polar surface area (TPSA) is 487 Å². The second-order valence-corrected chi connectivity index (χ2v) is 36.3. The summed E-state index contributed by atoms with van der Waals surface area (Å²) >= 11 is 8.84. The molecule has 2 saturated heterocycles. The highest BCUT2D eigenvalue weighted by Gasteiger charge is 2.38. The standard InChI is InChI=1S/C19H36O6.C16H28O4.C14H26O6.C11H19BrO4.C11H18O4.C8H16O3.C7H14O.C6H15N.C3H4Br2O.2C3H8O2.CH4/c1-4-6-8-10-12-16(20)18(21)25-17(13-11-9-7-5-2)19(22)24-15-14-23-3;1-3-5-7-9-11-13-15(17)20-14(16(18)19-13)12-10-8-6-4-2;1-4-5-6-7-8-12(15)14(17)20-11(2)13(16)19-10-9-18-3;1-3-4-5-6-7-9(10(13)14)16-11(15)8(2)12;1-3-4-5-6-7-9-11(13)14-8(2)10(12)15-9;1-2-3-4-5-6-7(9)8(10)11;1-2-3-4-5-6-7-8;1-4-7(5-2)6-3;1-2(4)3(5)6;2*1-5-3-2-4;/h16-17,20H,4-15H2,1-3H3;13-14H,3-12H2,1-2H3;11-12,15H,4-10H2,1-3H3;8-9H,3-7H2,1-2H3,(H,13,14);8-9H,3-7H2,1-2H3;7,9H,2-6H2,1H3,(H,10,11);7H,2-6H2,1H3;4-6H2,1-3H3;2H,1H3;2*4H,2-3H2,1H3;1H4. The van der Waals surface area contributed by atoms with Crippen molar-refractivity contribution in [2.75, 3.05) is 101 Å². The van der Waals surface area contributed by atoms with Crippen LogP contribution in [0, 0.1) is 0 Å². The van der Waals surface area contributed by atoms with Gasteiger partial charge in [-0.2, -0.15) is 0 Å². The number of hydrogen-bond acceptors (Lipinski definition) is 32. The van der Waals surface area contributed by atoms with Crippen molar-refractivity contribution in [3.05, 3.63) is 0 Å². The molecule has 0 aromatic carbocycles. The minimum absolute atomic E-state index is 0. The molecule has 37 heteroatoms. The first-order valence-electron chi connectivity index (χ1n) is 50.9. The summed E-state index contributed by atoms with van der Waals surface area (Å²) in [5.41, 5.74) is 0. The van der Waals surface area contributed by atoms with Crippen molar-refractivity contribution in [1.82, 2.24) is 4.90 Å². The van der Waals surface area contributed by atoms with Gasteiger partial charge in [-0.25, -0.2) is 47.9 Å². The first kappa shape index (κ1) is 154. The minimum atomic E-state index is -1.18. The highest BCUT2D eigenvalue weighted by atomic mass is 79.9. The molecular formula is C102H196Br3NO33. The summed E-state index contributed by atoms with van der Waals surface area (Å²) in [6, 6.07) is 0. The first-order valence-corrected chi connectivity index (χ1v) is 53.5. The number of carboxylic acid groups (broad SMARTS) is 2. The Hall–Kier alpha value is -5.45. The predicted octanol–water partition coefficient (Wildman–Crippen LogP) is 19.6. The molecule has 0 bridgehead atoms. The minimum Gasteiger partial charge on any atom is -0.479 e. The number of esters is 9. The predicted molar refractivity (Wildman–Crippen MR) is 553 cm³/mol. The molecule has 0 amide bonds. The maximum Gasteiger partial charge on any atom is 0.348 e. The van der Waals surface area contributed by atoms with Gasteiger partial charge in [-0.15, -0.1) is 0 Å². The molecule has 12 unspecified atom stereocenters. The molecule has 0 aromatic heterocycles. The van der Waals surface area contributed by atoms with E-state index in [1.54, 1.807) is 28.1 Å². The average molecular weight is 2200 g/mol. The zero-order valence-electron chi connectivity index (χ0n) is 88.4. The number of carbonyl (C=O) groups is 13. The monoisotopic (exact) mass is 2200 g/mol. The number of aliphatic hydroxyl groups excluding tert-OH is 5. The zero-order valence-corrected chi connectivity index (χ0v) is 93.2. The third-order valence-electron chi connectivity index (χ3n) is 20.1. The Morgan fingerprint density at radius 2 is 0.647 bits per heavy atom. The molecule has 139 heavy (non-hydrogen) atoms. The molecule has 0 aromatic rings. The van der Waals surface area contributed by atoms with Gasteiger partial charge < -0.3 is 107 Å². The van der Waals surface area contributed by atoms with E-state index in [4.69, 9.17) is 77.6 Å². The van der Waals surface area contributed by atoms with Gasteiger partial charge in [0.05, 0.1) is 44.5 Å². The lowest BCUT2D eigenvalue weighted by Gasteiger charge is -2.27. The van der Waals surface area contributed by atoms with E-state index in [0.717, 1.165) is 225 Å². The number of alkyl halides is 2. The summed E-state index contributed by atoms with van der Waals surface area (Å²) in [5.74, 6) is -6.99. The van der Waals surface area contributed by atoms with E-state index in [1.807, 2.05) is 0 Å². The Morgan fingerprint density at radius 3 is 0.928 bits per heavy atom. The average Bonchev–Trinajstić information content (AvgIpc) is 0.847. The Morgan fingerprint density at radius 1 is 0.360 bits per heavy atom. The van der Waals surface area contributed by atoms with Crippen LogP contribution in [0.4, 0.5) is 0 Å². The van der Waals surface area contributed by atoms with Gasteiger partial charge in [0, 0.05) is 34.9 Å². The third-order valence-corrected chi connectivity index (χ3v) is 22.2. The molecule has 2 aliphatic heterocycles. The second-order valence-electron chi connectivity index (χ2n) is 32.7. The Labute approximate surface area is 862 Å². The Balaban J connectivity index is -0.000000170. The molecule has 12 atom stereocenters. The maximum atomic E-state index is 12.1. The fourth-order valence-electron chi connectivity index (χ4n) is 11.5. The normalized spacial score (nSPS) is 15.3. The lowest BCUT2D eigenvalue weighted by molar-refractivity contribution is -0.196. The molecule has 0 spiro atoms. The van der Waals surface area contributed by atoms with E-state index in [9.17, 15) is 72.5 Å². The number of rotatable bonds is 69. The van der Waals surface area contributed by atoms with E-state index in [-0.39, 0.29) is 61.9 Å². The number of aldehydes is 1. The molecule has 2 rings (SSSR count). The van der Waals surface area contributed by atoms with Gasteiger partial charge in [-0.1, -0.05) is 315 Å². The van der Waals surface area contributed by atoms with Gasteiger partial charge >= 0.3 is 65.7 Å². The molecule has 34 nitrogen and oxygen atoms in total. The van der Waals surface area contributed by atoms with Crippen LogP contribution in [0.2, 0.25) is 0 Å². The Kier molecular flexibility index (Phi) is 130. The number of aliphatic carboxylic acids is 2. The summed E-state index contributed by atoms with van der Waals surface area (Å²) in [5, 5.41) is 61.4. The number of cyclic esters (lactones) is 4. The van der Waals surface area contributed by atoms with Crippen molar-refractivity contribution >= 4 is 124 Å². The van der Waals surface area contributed by atoms with E-state index in [2.05, 4.69) is 145 Å². The third kappa shape index (κ3) is 110. The number of hydrogen-bond donors (Lipinski definition) is 7. The van der Waals surface area contributed by atoms with Crippen molar-refractivity contribution < 1.29 is 160 Å². The van der Waals surface area contributed by atoms with Gasteiger partial charge in [0.15, 0.2) is 61.0 Å². The quantitative estimate of drug-likeness (QED) is 0.00742. The summed E-state index contributed by atoms with van der Waals surface area (Å²) in [6.45, 7) is 37.4. The van der Waals surface area contributed by atoms with Crippen LogP contribution >= 0.6 is 47.8 Å². The lowest BCUT2D eigenvalue weighted by atomic mass is 10.1. The van der Waals surface area contributed by atoms with Crippen LogP contribution < -0.4 is 0 Å².